The maximum absolute atomic E-state index is 11.9. The Kier molecular flexibility index (Phi) is 4.69. The van der Waals surface area contributed by atoms with E-state index in [0.29, 0.717) is 18.0 Å². The zero-order valence-electron chi connectivity index (χ0n) is 8.87. The maximum atomic E-state index is 11.9. The van der Waals surface area contributed by atoms with E-state index in [9.17, 15) is 13.6 Å². The highest BCUT2D eigenvalue weighted by Crippen LogP contribution is 2.16. The van der Waals surface area contributed by atoms with E-state index in [2.05, 4.69) is 5.32 Å². The summed E-state index contributed by atoms with van der Waals surface area (Å²) in [6, 6.07) is 6.28. The van der Waals surface area contributed by atoms with Gasteiger partial charge in [0.15, 0.2) is 0 Å². The first-order valence-electron chi connectivity index (χ1n) is 4.95. The summed E-state index contributed by atoms with van der Waals surface area (Å²) in [4.78, 5) is 10.7. The lowest BCUT2D eigenvalue weighted by Crippen LogP contribution is -2.19. The van der Waals surface area contributed by atoms with Crippen LogP contribution in [-0.2, 0) is 4.79 Å². The van der Waals surface area contributed by atoms with Crippen LogP contribution in [0.5, 0.6) is 5.75 Å². The zero-order valence-corrected chi connectivity index (χ0v) is 8.87. The largest absolute Gasteiger partial charge is 0.494 e. The number of halogens is 2. The van der Waals surface area contributed by atoms with Crippen molar-refractivity contribution >= 4 is 11.6 Å². The number of nitrogens with one attached hydrogen (secondary N) is 1. The molecule has 0 fully saturated rings. The normalized spacial score (nSPS) is 10.2. The minimum Gasteiger partial charge on any atom is -0.494 e. The number of rotatable bonds is 5. The van der Waals surface area contributed by atoms with Crippen molar-refractivity contribution in [2.75, 3.05) is 11.9 Å². The van der Waals surface area contributed by atoms with Crippen molar-refractivity contribution < 1.29 is 18.3 Å². The SMILES string of the molecule is CCCOc1ccc(NC(=O)C(F)F)cc1. The second-order valence-corrected chi connectivity index (χ2v) is 3.16. The Morgan fingerprint density at radius 1 is 1.38 bits per heavy atom. The highest BCUT2D eigenvalue weighted by Gasteiger charge is 2.14. The number of anilines is 1. The van der Waals surface area contributed by atoms with Crippen LogP contribution in [0.15, 0.2) is 24.3 Å². The Balaban J connectivity index is 2.54. The van der Waals surface area contributed by atoms with Gasteiger partial charge in [-0.3, -0.25) is 4.79 Å². The second kappa shape index (κ2) is 6.05. The van der Waals surface area contributed by atoms with Crippen LogP contribution in [0.25, 0.3) is 0 Å². The van der Waals surface area contributed by atoms with Gasteiger partial charge < -0.3 is 10.1 Å². The molecule has 0 aliphatic rings. The molecule has 16 heavy (non-hydrogen) atoms. The molecular formula is C11H13F2NO2. The first kappa shape index (κ1) is 12.4. The lowest BCUT2D eigenvalue weighted by molar-refractivity contribution is -0.126. The highest BCUT2D eigenvalue weighted by atomic mass is 19.3. The van der Waals surface area contributed by atoms with Crippen molar-refractivity contribution in [2.24, 2.45) is 0 Å². The lowest BCUT2D eigenvalue weighted by atomic mass is 10.3. The molecule has 0 heterocycles. The van der Waals surface area contributed by atoms with Crippen LogP contribution >= 0.6 is 0 Å². The fraction of sp³-hybridized carbons (Fsp3) is 0.364. The van der Waals surface area contributed by atoms with Gasteiger partial charge in [0, 0.05) is 5.69 Å². The Morgan fingerprint density at radius 2 is 2.00 bits per heavy atom. The summed E-state index contributed by atoms with van der Waals surface area (Å²) in [6.07, 6.45) is -2.11. The number of hydrogen-bond donors (Lipinski definition) is 1. The Labute approximate surface area is 92.4 Å². The van der Waals surface area contributed by atoms with Crippen LogP contribution in [0, 0.1) is 0 Å². The number of benzene rings is 1. The number of carbonyl (C=O) groups excluding carboxylic acids is 1. The van der Waals surface area contributed by atoms with Gasteiger partial charge in [-0.1, -0.05) is 6.92 Å². The molecule has 0 spiro atoms. The van der Waals surface area contributed by atoms with Crippen LogP contribution in [0.2, 0.25) is 0 Å². The molecule has 0 saturated carbocycles. The number of hydrogen-bond acceptors (Lipinski definition) is 2. The van der Waals surface area contributed by atoms with Gasteiger partial charge in [-0.15, -0.1) is 0 Å². The molecule has 0 radical (unpaired) electrons. The van der Waals surface area contributed by atoms with Gasteiger partial charge in [0.1, 0.15) is 5.75 Å². The van der Waals surface area contributed by atoms with Crippen molar-refractivity contribution in [1.82, 2.24) is 0 Å². The molecule has 5 heteroatoms. The predicted molar refractivity (Wildman–Crippen MR) is 56.9 cm³/mol. The van der Waals surface area contributed by atoms with Crippen LogP contribution in [0.1, 0.15) is 13.3 Å². The molecule has 1 N–H and O–H groups in total. The van der Waals surface area contributed by atoms with E-state index in [1.807, 2.05) is 6.92 Å². The van der Waals surface area contributed by atoms with E-state index in [1.165, 1.54) is 12.1 Å². The second-order valence-electron chi connectivity index (χ2n) is 3.16. The quantitative estimate of drug-likeness (QED) is 0.843. The van der Waals surface area contributed by atoms with E-state index >= 15 is 0 Å². The average Bonchev–Trinajstić information content (AvgIpc) is 2.28. The van der Waals surface area contributed by atoms with Gasteiger partial charge in [-0.05, 0) is 30.7 Å². The molecule has 0 aliphatic carbocycles. The highest BCUT2D eigenvalue weighted by molar-refractivity contribution is 5.93. The molecule has 0 unspecified atom stereocenters. The van der Waals surface area contributed by atoms with Crippen molar-refractivity contribution in [3.05, 3.63) is 24.3 Å². The van der Waals surface area contributed by atoms with Crippen molar-refractivity contribution in [3.8, 4) is 5.75 Å². The Morgan fingerprint density at radius 3 is 2.50 bits per heavy atom. The van der Waals surface area contributed by atoms with E-state index in [4.69, 9.17) is 4.74 Å². The summed E-state index contributed by atoms with van der Waals surface area (Å²) in [5.74, 6) is -0.654. The third-order valence-corrected chi connectivity index (χ3v) is 1.79. The van der Waals surface area contributed by atoms with Crippen molar-refractivity contribution in [3.63, 3.8) is 0 Å². The van der Waals surface area contributed by atoms with E-state index in [0.717, 1.165) is 6.42 Å². The summed E-state index contributed by atoms with van der Waals surface area (Å²) in [6.45, 7) is 2.58. The summed E-state index contributed by atoms with van der Waals surface area (Å²) < 4.78 is 29.1. The molecule has 1 aromatic carbocycles. The van der Waals surface area contributed by atoms with Gasteiger partial charge >= 0.3 is 6.43 Å². The summed E-state index contributed by atoms with van der Waals surface area (Å²) in [5, 5.41) is 2.08. The zero-order chi connectivity index (χ0) is 12.0. The fourth-order valence-electron chi connectivity index (χ4n) is 1.05. The molecule has 0 atom stereocenters. The summed E-state index contributed by atoms with van der Waals surface area (Å²) >= 11 is 0. The van der Waals surface area contributed by atoms with Crippen LogP contribution < -0.4 is 10.1 Å². The number of amides is 1. The molecule has 0 saturated heterocycles. The first-order valence-corrected chi connectivity index (χ1v) is 4.95. The molecular weight excluding hydrogens is 216 g/mol. The Bertz CT molecular complexity index is 338. The topological polar surface area (TPSA) is 38.3 Å². The molecule has 1 amide bonds. The molecule has 0 bridgehead atoms. The van der Waals surface area contributed by atoms with Gasteiger partial charge in [0.05, 0.1) is 6.61 Å². The number of ether oxygens (including phenoxy) is 1. The number of alkyl halides is 2. The molecule has 0 aliphatic heterocycles. The predicted octanol–water partition coefficient (Wildman–Crippen LogP) is 2.68. The smallest absolute Gasteiger partial charge is 0.315 e. The third kappa shape index (κ3) is 3.84. The molecule has 3 nitrogen and oxygen atoms in total. The van der Waals surface area contributed by atoms with Gasteiger partial charge in [0.2, 0.25) is 0 Å². The van der Waals surface area contributed by atoms with E-state index < -0.39 is 12.3 Å². The molecule has 0 aromatic heterocycles. The molecule has 1 rings (SSSR count). The monoisotopic (exact) mass is 229 g/mol. The van der Waals surface area contributed by atoms with Crippen LogP contribution in [0.4, 0.5) is 14.5 Å². The first-order chi connectivity index (χ1) is 7.63. The average molecular weight is 229 g/mol. The van der Waals surface area contributed by atoms with Crippen molar-refractivity contribution in [1.29, 1.82) is 0 Å². The summed E-state index contributed by atoms with van der Waals surface area (Å²) in [7, 11) is 0. The number of carbonyl (C=O) groups is 1. The molecule has 88 valence electrons. The van der Waals surface area contributed by atoms with Crippen molar-refractivity contribution in [2.45, 2.75) is 19.8 Å². The molecule has 1 aromatic rings. The minimum atomic E-state index is -3.00. The van der Waals surface area contributed by atoms with E-state index in [1.54, 1.807) is 12.1 Å². The Hall–Kier alpha value is -1.65. The fourth-order valence-corrected chi connectivity index (χ4v) is 1.05. The summed E-state index contributed by atoms with van der Waals surface area (Å²) in [5.41, 5.74) is 0.328. The van der Waals surface area contributed by atoms with Crippen LogP contribution in [-0.4, -0.2) is 18.9 Å². The standard InChI is InChI=1S/C11H13F2NO2/c1-2-7-16-9-5-3-8(4-6-9)14-11(15)10(12)13/h3-6,10H,2,7H2,1H3,(H,14,15). The van der Waals surface area contributed by atoms with Gasteiger partial charge in [-0.25, -0.2) is 0 Å². The van der Waals surface area contributed by atoms with Gasteiger partial charge in [-0.2, -0.15) is 8.78 Å². The third-order valence-electron chi connectivity index (χ3n) is 1.79. The van der Waals surface area contributed by atoms with Gasteiger partial charge in [0.25, 0.3) is 5.91 Å². The minimum absolute atomic E-state index is 0.328. The lowest BCUT2D eigenvalue weighted by Gasteiger charge is -2.07. The van der Waals surface area contributed by atoms with Crippen LogP contribution in [0.3, 0.4) is 0 Å². The maximum Gasteiger partial charge on any atom is 0.315 e. The van der Waals surface area contributed by atoms with E-state index in [-0.39, 0.29) is 0 Å².